The summed E-state index contributed by atoms with van der Waals surface area (Å²) in [7, 11) is 7.90. The van der Waals surface area contributed by atoms with Crippen molar-refractivity contribution in [3.63, 3.8) is 0 Å². The van der Waals surface area contributed by atoms with E-state index in [1.807, 2.05) is 51.0 Å². The van der Waals surface area contributed by atoms with Crippen LogP contribution in [-0.4, -0.2) is 50.5 Å². The topological polar surface area (TPSA) is 18.8 Å². The molecule has 18 heavy (non-hydrogen) atoms. The Kier molecular flexibility index (Phi) is 5.13. The van der Waals surface area contributed by atoms with E-state index < -0.39 is 0 Å². The van der Waals surface area contributed by atoms with Gasteiger partial charge in [-0.2, -0.15) is 0 Å². The number of hydrogen-bond acceptors (Lipinski definition) is 1. The predicted molar refractivity (Wildman–Crippen MR) is 74.5 cm³/mol. The van der Waals surface area contributed by atoms with Gasteiger partial charge in [-0.3, -0.25) is 4.99 Å². The van der Waals surface area contributed by atoms with Crippen LogP contribution in [0.4, 0.5) is 4.39 Å². The molecule has 1 aromatic rings. The number of nitrogens with zero attached hydrogens (tertiary/aromatic N) is 3. The third-order valence-electron chi connectivity index (χ3n) is 2.74. The maximum Gasteiger partial charge on any atom is 0.195 e. The van der Waals surface area contributed by atoms with Gasteiger partial charge in [0, 0.05) is 34.7 Å². The Morgan fingerprint density at radius 2 is 1.78 bits per heavy atom. The summed E-state index contributed by atoms with van der Waals surface area (Å²) in [5.74, 6) is 0.761. The maximum absolute atomic E-state index is 13.0. The fourth-order valence-electron chi connectivity index (χ4n) is 1.90. The molecule has 0 aromatic heterocycles. The zero-order valence-electron chi connectivity index (χ0n) is 11.9. The summed E-state index contributed by atoms with van der Waals surface area (Å²) in [5, 5.41) is 0. The molecule has 0 saturated heterocycles. The first kappa shape index (κ1) is 14.5. The van der Waals surface area contributed by atoms with Crippen molar-refractivity contribution in [3.05, 3.63) is 35.1 Å². The molecule has 0 fully saturated rings. The first-order valence-corrected chi connectivity index (χ1v) is 6.06. The lowest BCUT2D eigenvalue weighted by molar-refractivity contribution is 0.479. The summed E-state index contributed by atoms with van der Waals surface area (Å²) in [5.41, 5.74) is 2.14. The smallest absolute Gasteiger partial charge is 0.195 e. The summed E-state index contributed by atoms with van der Waals surface area (Å²) in [6.07, 6.45) is 0.831. The molecular formula is C14H22FN3. The van der Waals surface area contributed by atoms with Gasteiger partial charge in [0.1, 0.15) is 5.82 Å². The van der Waals surface area contributed by atoms with Crippen LogP contribution in [-0.2, 0) is 6.42 Å². The third kappa shape index (κ3) is 4.02. The van der Waals surface area contributed by atoms with E-state index in [4.69, 9.17) is 0 Å². The zero-order chi connectivity index (χ0) is 13.7. The van der Waals surface area contributed by atoms with E-state index in [-0.39, 0.29) is 5.82 Å². The standard InChI is InChI=1S/C14H22FN3/c1-11-10-13(15)7-6-12(11)8-9-16-14(17(2)3)18(4)5/h6-7,10H,8-9H2,1-5H3. The lowest BCUT2D eigenvalue weighted by atomic mass is 10.1. The highest BCUT2D eigenvalue weighted by Gasteiger charge is 2.04. The lowest BCUT2D eigenvalue weighted by Crippen LogP contribution is -2.35. The minimum Gasteiger partial charge on any atom is -0.349 e. The zero-order valence-corrected chi connectivity index (χ0v) is 11.9. The van der Waals surface area contributed by atoms with Crippen LogP contribution in [0.2, 0.25) is 0 Å². The van der Waals surface area contributed by atoms with Crippen LogP contribution in [0.15, 0.2) is 23.2 Å². The minimum atomic E-state index is -0.179. The van der Waals surface area contributed by atoms with E-state index in [0.717, 1.165) is 23.5 Å². The molecule has 0 radical (unpaired) electrons. The fraction of sp³-hybridized carbons (Fsp3) is 0.500. The molecule has 0 N–H and O–H groups in total. The highest BCUT2D eigenvalue weighted by Crippen LogP contribution is 2.10. The summed E-state index contributed by atoms with van der Waals surface area (Å²) in [6.45, 7) is 2.64. The monoisotopic (exact) mass is 251 g/mol. The molecule has 0 aliphatic heterocycles. The summed E-state index contributed by atoms with van der Waals surface area (Å²) in [4.78, 5) is 8.52. The molecule has 0 spiro atoms. The van der Waals surface area contributed by atoms with Crippen LogP contribution in [0.25, 0.3) is 0 Å². The Hall–Kier alpha value is -1.58. The molecule has 1 aromatic carbocycles. The van der Waals surface area contributed by atoms with Crippen molar-refractivity contribution in [1.82, 2.24) is 9.80 Å². The molecule has 1 rings (SSSR count). The number of rotatable bonds is 3. The van der Waals surface area contributed by atoms with Crippen LogP contribution < -0.4 is 0 Å². The van der Waals surface area contributed by atoms with Gasteiger partial charge in [-0.05, 0) is 36.6 Å². The second-order valence-corrected chi connectivity index (χ2v) is 4.79. The van der Waals surface area contributed by atoms with Crippen LogP contribution in [0.3, 0.4) is 0 Å². The Balaban J connectivity index is 2.67. The normalized spacial score (nSPS) is 10.1. The maximum atomic E-state index is 13.0. The van der Waals surface area contributed by atoms with Gasteiger partial charge < -0.3 is 9.80 Å². The predicted octanol–water partition coefficient (Wildman–Crippen LogP) is 2.16. The van der Waals surface area contributed by atoms with Gasteiger partial charge in [0.15, 0.2) is 5.96 Å². The van der Waals surface area contributed by atoms with Gasteiger partial charge in [0.2, 0.25) is 0 Å². The number of aliphatic imine (C=N–C) groups is 1. The van der Waals surface area contributed by atoms with Crippen LogP contribution >= 0.6 is 0 Å². The molecule has 0 aliphatic rings. The summed E-state index contributed by atoms with van der Waals surface area (Å²) >= 11 is 0. The average Bonchev–Trinajstić information content (AvgIpc) is 2.25. The van der Waals surface area contributed by atoms with Crippen molar-refractivity contribution in [2.24, 2.45) is 4.99 Å². The van der Waals surface area contributed by atoms with Crippen molar-refractivity contribution in [2.75, 3.05) is 34.7 Å². The largest absolute Gasteiger partial charge is 0.349 e. The number of benzene rings is 1. The van der Waals surface area contributed by atoms with Crippen molar-refractivity contribution in [2.45, 2.75) is 13.3 Å². The van der Waals surface area contributed by atoms with Crippen molar-refractivity contribution in [3.8, 4) is 0 Å². The molecule has 100 valence electrons. The van der Waals surface area contributed by atoms with Crippen LogP contribution in [0.5, 0.6) is 0 Å². The van der Waals surface area contributed by atoms with Gasteiger partial charge in [-0.25, -0.2) is 4.39 Å². The highest BCUT2D eigenvalue weighted by molar-refractivity contribution is 5.79. The van der Waals surface area contributed by atoms with E-state index in [1.165, 1.54) is 6.07 Å². The van der Waals surface area contributed by atoms with Gasteiger partial charge in [-0.15, -0.1) is 0 Å². The molecule has 0 heterocycles. The highest BCUT2D eigenvalue weighted by atomic mass is 19.1. The van der Waals surface area contributed by atoms with E-state index in [0.29, 0.717) is 6.54 Å². The summed E-state index contributed by atoms with van der Waals surface area (Å²) in [6, 6.07) is 4.91. The Morgan fingerprint density at radius 3 is 2.28 bits per heavy atom. The lowest BCUT2D eigenvalue weighted by Gasteiger charge is -2.22. The molecular weight excluding hydrogens is 229 g/mol. The molecule has 0 unspecified atom stereocenters. The van der Waals surface area contributed by atoms with E-state index in [1.54, 1.807) is 6.07 Å². The van der Waals surface area contributed by atoms with Crippen molar-refractivity contribution in [1.29, 1.82) is 0 Å². The summed E-state index contributed by atoms with van der Waals surface area (Å²) < 4.78 is 13.0. The van der Waals surface area contributed by atoms with Crippen LogP contribution in [0.1, 0.15) is 11.1 Å². The second-order valence-electron chi connectivity index (χ2n) is 4.79. The fourth-order valence-corrected chi connectivity index (χ4v) is 1.90. The molecule has 4 heteroatoms. The molecule has 0 atom stereocenters. The van der Waals surface area contributed by atoms with Gasteiger partial charge in [0.05, 0.1) is 0 Å². The minimum absolute atomic E-state index is 0.179. The first-order chi connectivity index (χ1) is 8.41. The average molecular weight is 251 g/mol. The number of halogens is 1. The SMILES string of the molecule is Cc1cc(F)ccc1CCN=C(N(C)C)N(C)C. The molecule has 0 aliphatic carbocycles. The quantitative estimate of drug-likeness (QED) is 0.605. The number of aryl methyl sites for hydroxylation is 1. The molecule has 3 nitrogen and oxygen atoms in total. The van der Waals surface area contributed by atoms with Crippen molar-refractivity contribution >= 4 is 5.96 Å². The molecule has 0 bridgehead atoms. The van der Waals surface area contributed by atoms with E-state index in [9.17, 15) is 4.39 Å². The first-order valence-electron chi connectivity index (χ1n) is 6.06. The van der Waals surface area contributed by atoms with Gasteiger partial charge in [-0.1, -0.05) is 6.07 Å². The van der Waals surface area contributed by atoms with Gasteiger partial charge in [0.25, 0.3) is 0 Å². The Labute approximate surface area is 109 Å². The molecule has 0 amide bonds. The molecule has 0 saturated carbocycles. The second kappa shape index (κ2) is 6.38. The van der Waals surface area contributed by atoms with E-state index >= 15 is 0 Å². The Bertz CT molecular complexity index is 415. The Morgan fingerprint density at radius 1 is 1.17 bits per heavy atom. The third-order valence-corrected chi connectivity index (χ3v) is 2.74. The van der Waals surface area contributed by atoms with Gasteiger partial charge >= 0.3 is 0 Å². The number of guanidine groups is 1. The van der Waals surface area contributed by atoms with Crippen molar-refractivity contribution < 1.29 is 4.39 Å². The number of hydrogen-bond donors (Lipinski definition) is 0. The van der Waals surface area contributed by atoms with Crippen LogP contribution in [0, 0.1) is 12.7 Å². The van der Waals surface area contributed by atoms with E-state index in [2.05, 4.69) is 4.99 Å².